The molecule has 2 fully saturated rings. The number of nitrogens with one attached hydrogen (secondary N) is 1. The second-order valence-electron chi connectivity index (χ2n) is 4.79. The Morgan fingerprint density at radius 3 is 2.42 bits per heavy atom. The van der Waals surface area contributed by atoms with Gasteiger partial charge in [-0.05, 0) is 44.6 Å². The fourth-order valence-electron chi connectivity index (χ4n) is 3.21. The number of rotatable bonds is 1. The molecule has 1 spiro atoms. The first-order chi connectivity index (χ1) is 5.85. The molecule has 70 valence electrons. The van der Waals surface area contributed by atoms with Gasteiger partial charge in [-0.3, -0.25) is 0 Å². The van der Waals surface area contributed by atoms with Crippen LogP contribution in [0, 0.1) is 5.41 Å². The molecule has 0 amide bonds. The second kappa shape index (κ2) is 3.37. The fourth-order valence-corrected chi connectivity index (χ4v) is 3.21. The first-order valence-electron chi connectivity index (χ1n) is 5.52. The quantitative estimate of drug-likeness (QED) is 0.633. The average molecular weight is 167 g/mol. The Labute approximate surface area is 75.9 Å². The Balaban J connectivity index is 1.94. The molecule has 1 atom stereocenters. The summed E-state index contributed by atoms with van der Waals surface area (Å²) in [5, 5.41) is 3.44. The molecular weight excluding hydrogens is 146 g/mol. The summed E-state index contributed by atoms with van der Waals surface area (Å²) in [7, 11) is 2.12. The van der Waals surface area contributed by atoms with Gasteiger partial charge in [-0.1, -0.05) is 19.3 Å². The molecule has 0 bridgehead atoms. The van der Waals surface area contributed by atoms with E-state index in [1.165, 1.54) is 51.4 Å². The van der Waals surface area contributed by atoms with E-state index in [4.69, 9.17) is 0 Å². The Morgan fingerprint density at radius 2 is 1.83 bits per heavy atom. The smallest absolute Gasteiger partial charge is 0.00695 e. The molecule has 0 saturated heterocycles. The molecule has 1 N–H and O–H groups in total. The van der Waals surface area contributed by atoms with Gasteiger partial charge in [0.2, 0.25) is 0 Å². The van der Waals surface area contributed by atoms with Crippen molar-refractivity contribution in [1.29, 1.82) is 0 Å². The summed E-state index contributed by atoms with van der Waals surface area (Å²) in [5.41, 5.74) is 0.784. The maximum Gasteiger partial charge on any atom is 0.00695 e. The van der Waals surface area contributed by atoms with Crippen LogP contribution in [-0.2, 0) is 0 Å². The van der Waals surface area contributed by atoms with Crippen LogP contribution in [0.2, 0.25) is 0 Å². The normalized spacial score (nSPS) is 34.2. The van der Waals surface area contributed by atoms with Gasteiger partial charge in [-0.25, -0.2) is 0 Å². The van der Waals surface area contributed by atoms with Gasteiger partial charge in [0.1, 0.15) is 0 Å². The third kappa shape index (κ3) is 1.52. The molecule has 0 aromatic heterocycles. The molecule has 2 saturated carbocycles. The first-order valence-corrected chi connectivity index (χ1v) is 5.52. The van der Waals surface area contributed by atoms with Crippen LogP contribution in [0.1, 0.15) is 51.4 Å². The maximum absolute atomic E-state index is 3.44. The minimum Gasteiger partial charge on any atom is -0.317 e. The third-order valence-corrected chi connectivity index (χ3v) is 4.03. The van der Waals surface area contributed by atoms with Crippen molar-refractivity contribution >= 4 is 0 Å². The van der Waals surface area contributed by atoms with Gasteiger partial charge in [-0.2, -0.15) is 0 Å². The molecule has 0 aliphatic heterocycles. The van der Waals surface area contributed by atoms with Crippen molar-refractivity contribution < 1.29 is 0 Å². The molecular formula is C11H21N. The van der Waals surface area contributed by atoms with Crippen LogP contribution in [0.25, 0.3) is 0 Å². The van der Waals surface area contributed by atoms with E-state index in [-0.39, 0.29) is 0 Å². The van der Waals surface area contributed by atoms with Crippen LogP contribution >= 0.6 is 0 Å². The highest BCUT2D eigenvalue weighted by Crippen LogP contribution is 2.48. The summed E-state index contributed by atoms with van der Waals surface area (Å²) in [6.07, 6.45) is 11.9. The zero-order valence-electron chi connectivity index (χ0n) is 8.23. The van der Waals surface area contributed by atoms with Crippen molar-refractivity contribution in [2.45, 2.75) is 57.4 Å². The van der Waals surface area contributed by atoms with Gasteiger partial charge in [0.25, 0.3) is 0 Å². The van der Waals surface area contributed by atoms with E-state index < -0.39 is 0 Å². The maximum atomic E-state index is 3.44. The van der Waals surface area contributed by atoms with Gasteiger partial charge >= 0.3 is 0 Å². The Bertz CT molecular complexity index is 147. The van der Waals surface area contributed by atoms with Gasteiger partial charge in [0.15, 0.2) is 0 Å². The highest BCUT2D eigenvalue weighted by Gasteiger charge is 2.38. The van der Waals surface area contributed by atoms with Crippen LogP contribution in [0.5, 0.6) is 0 Å². The summed E-state index contributed by atoms with van der Waals surface area (Å²) in [4.78, 5) is 0. The zero-order chi connectivity index (χ0) is 8.44. The topological polar surface area (TPSA) is 12.0 Å². The van der Waals surface area contributed by atoms with E-state index in [1.54, 1.807) is 0 Å². The zero-order valence-corrected chi connectivity index (χ0v) is 8.23. The van der Waals surface area contributed by atoms with E-state index in [9.17, 15) is 0 Å². The number of hydrogen-bond donors (Lipinski definition) is 1. The van der Waals surface area contributed by atoms with Crippen molar-refractivity contribution in [2.75, 3.05) is 7.05 Å². The lowest BCUT2D eigenvalue weighted by Crippen LogP contribution is -2.26. The number of hydrogen-bond acceptors (Lipinski definition) is 1. The molecule has 0 radical (unpaired) electrons. The molecule has 1 unspecified atom stereocenters. The minimum absolute atomic E-state index is 0.784. The van der Waals surface area contributed by atoms with Crippen molar-refractivity contribution in [2.24, 2.45) is 5.41 Å². The molecule has 0 aromatic rings. The summed E-state index contributed by atoms with van der Waals surface area (Å²) in [5.74, 6) is 0. The lowest BCUT2D eigenvalue weighted by Gasteiger charge is -2.33. The highest BCUT2D eigenvalue weighted by atomic mass is 14.9. The average Bonchev–Trinajstić information content (AvgIpc) is 2.50. The van der Waals surface area contributed by atoms with Crippen molar-refractivity contribution in [1.82, 2.24) is 5.32 Å². The van der Waals surface area contributed by atoms with Crippen molar-refractivity contribution in [3.63, 3.8) is 0 Å². The van der Waals surface area contributed by atoms with E-state index in [0.717, 1.165) is 11.5 Å². The van der Waals surface area contributed by atoms with Crippen molar-refractivity contribution in [3.8, 4) is 0 Å². The lowest BCUT2D eigenvalue weighted by atomic mass is 9.73. The molecule has 0 heterocycles. The predicted octanol–water partition coefficient (Wildman–Crippen LogP) is 2.71. The predicted molar refractivity (Wildman–Crippen MR) is 52.2 cm³/mol. The Hall–Kier alpha value is -0.0400. The van der Waals surface area contributed by atoms with Gasteiger partial charge in [-0.15, -0.1) is 0 Å². The second-order valence-corrected chi connectivity index (χ2v) is 4.79. The molecule has 12 heavy (non-hydrogen) atoms. The van der Waals surface area contributed by atoms with Crippen LogP contribution in [-0.4, -0.2) is 13.1 Å². The summed E-state index contributed by atoms with van der Waals surface area (Å²) < 4.78 is 0. The minimum atomic E-state index is 0.784. The van der Waals surface area contributed by atoms with E-state index in [1.807, 2.05) is 0 Å². The summed E-state index contributed by atoms with van der Waals surface area (Å²) in [6, 6.07) is 0.836. The van der Waals surface area contributed by atoms with Gasteiger partial charge < -0.3 is 5.32 Å². The van der Waals surface area contributed by atoms with E-state index >= 15 is 0 Å². The molecule has 2 aliphatic carbocycles. The van der Waals surface area contributed by atoms with Crippen LogP contribution < -0.4 is 5.32 Å². The Kier molecular flexibility index (Phi) is 2.40. The van der Waals surface area contributed by atoms with Gasteiger partial charge in [0.05, 0.1) is 0 Å². The largest absolute Gasteiger partial charge is 0.317 e. The Morgan fingerprint density at radius 1 is 1.08 bits per heavy atom. The first kappa shape index (κ1) is 8.55. The van der Waals surface area contributed by atoms with E-state index in [2.05, 4.69) is 12.4 Å². The standard InChI is InChI=1S/C11H21N/c1-12-10-5-8-11(9-10)6-3-2-4-7-11/h10,12H,2-9H2,1H3. The summed E-state index contributed by atoms with van der Waals surface area (Å²) in [6.45, 7) is 0. The van der Waals surface area contributed by atoms with Gasteiger partial charge in [0, 0.05) is 6.04 Å². The monoisotopic (exact) mass is 167 g/mol. The SMILES string of the molecule is CNC1CCC2(CCCCC2)C1. The molecule has 2 rings (SSSR count). The lowest BCUT2D eigenvalue weighted by molar-refractivity contribution is 0.192. The van der Waals surface area contributed by atoms with Crippen LogP contribution in [0.4, 0.5) is 0 Å². The van der Waals surface area contributed by atoms with E-state index in [0.29, 0.717) is 0 Å². The third-order valence-electron chi connectivity index (χ3n) is 4.03. The van der Waals surface area contributed by atoms with Crippen LogP contribution in [0.15, 0.2) is 0 Å². The molecule has 1 heteroatoms. The molecule has 1 nitrogen and oxygen atoms in total. The highest BCUT2D eigenvalue weighted by molar-refractivity contribution is 4.93. The molecule has 2 aliphatic rings. The van der Waals surface area contributed by atoms with Crippen molar-refractivity contribution in [3.05, 3.63) is 0 Å². The molecule has 0 aromatic carbocycles. The summed E-state index contributed by atoms with van der Waals surface area (Å²) >= 11 is 0. The van der Waals surface area contributed by atoms with Crippen LogP contribution in [0.3, 0.4) is 0 Å². The fraction of sp³-hybridized carbons (Fsp3) is 1.00.